The molecule has 0 bridgehead atoms. The average Bonchev–Trinajstić information content (AvgIpc) is 2.67. The molecule has 118 valence electrons. The predicted molar refractivity (Wildman–Crippen MR) is 98.6 cm³/mol. The third-order valence-corrected chi connectivity index (χ3v) is 3.83. The first-order valence-corrected chi connectivity index (χ1v) is 7.79. The third-order valence-electron chi connectivity index (χ3n) is 3.83. The fraction of sp³-hybridized carbons (Fsp3) is 0.0455. The summed E-state index contributed by atoms with van der Waals surface area (Å²) in [6.45, 7) is 0. The van der Waals surface area contributed by atoms with Crippen molar-refractivity contribution in [1.29, 1.82) is 0 Å². The summed E-state index contributed by atoms with van der Waals surface area (Å²) in [6.07, 6.45) is 4.14. The van der Waals surface area contributed by atoms with Crippen LogP contribution < -0.4 is 0 Å². The molecule has 2 nitrogen and oxygen atoms in total. The van der Waals surface area contributed by atoms with Crippen molar-refractivity contribution in [2.24, 2.45) is 0 Å². The largest absolute Gasteiger partial charge is 0.465 e. The van der Waals surface area contributed by atoms with Crippen LogP contribution in [-0.4, -0.2) is 13.1 Å². The standard InChI is InChI=1S/C22H18O2/c1-24-22(23)20-15-12-17(13-16-20)11-14-19-9-5-6-10-21(19)18-7-3-2-4-8-18/h2-16H,1H3/b14-11+. The first-order chi connectivity index (χ1) is 11.8. The van der Waals surface area contributed by atoms with Crippen molar-refractivity contribution < 1.29 is 9.53 Å². The van der Waals surface area contributed by atoms with Gasteiger partial charge in [0.2, 0.25) is 0 Å². The lowest BCUT2D eigenvalue weighted by Crippen LogP contribution is -2.00. The van der Waals surface area contributed by atoms with Gasteiger partial charge in [-0.1, -0.05) is 78.9 Å². The van der Waals surface area contributed by atoms with E-state index < -0.39 is 0 Å². The van der Waals surface area contributed by atoms with Crippen LogP contribution in [0.25, 0.3) is 23.3 Å². The maximum Gasteiger partial charge on any atom is 0.337 e. The highest BCUT2D eigenvalue weighted by Crippen LogP contribution is 2.25. The van der Waals surface area contributed by atoms with E-state index in [4.69, 9.17) is 4.74 Å². The molecule has 0 heterocycles. The number of hydrogen-bond donors (Lipinski definition) is 0. The first-order valence-electron chi connectivity index (χ1n) is 7.79. The number of ether oxygens (including phenoxy) is 1. The highest BCUT2D eigenvalue weighted by atomic mass is 16.5. The Bertz CT molecular complexity index is 847. The van der Waals surface area contributed by atoms with Gasteiger partial charge in [0.25, 0.3) is 0 Å². The van der Waals surface area contributed by atoms with Crippen LogP contribution >= 0.6 is 0 Å². The Kier molecular flexibility index (Phi) is 4.87. The van der Waals surface area contributed by atoms with E-state index in [2.05, 4.69) is 30.3 Å². The number of carbonyl (C=O) groups is 1. The van der Waals surface area contributed by atoms with Crippen LogP contribution in [0.2, 0.25) is 0 Å². The van der Waals surface area contributed by atoms with Gasteiger partial charge in [-0.05, 0) is 34.4 Å². The SMILES string of the molecule is COC(=O)c1ccc(/C=C/c2ccccc2-c2ccccc2)cc1. The molecule has 0 aliphatic carbocycles. The topological polar surface area (TPSA) is 26.3 Å². The minimum absolute atomic E-state index is 0.319. The van der Waals surface area contributed by atoms with Crippen LogP contribution in [0.1, 0.15) is 21.5 Å². The minimum atomic E-state index is -0.319. The Balaban J connectivity index is 1.86. The molecule has 0 spiro atoms. The molecule has 0 saturated carbocycles. The van der Waals surface area contributed by atoms with E-state index in [0.717, 1.165) is 11.1 Å². The molecule has 0 aliphatic heterocycles. The zero-order chi connectivity index (χ0) is 16.8. The average molecular weight is 314 g/mol. The summed E-state index contributed by atoms with van der Waals surface area (Å²) in [6, 6.07) is 26.0. The van der Waals surface area contributed by atoms with Crippen molar-refractivity contribution in [2.45, 2.75) is 0 Å². The molecule has 24 heavy (non-hydrogen) atoms. The van der Waals surface area contributed by atoms with Gasteiger partial charge in [-0.15, -0.1) is 0 Å². The second kappa shape index (κ2) is 7.42. The van der Waals surface area contributed by atoms with Crippen LogP contribution in [0.3, 0.4) is 0 Å². The van der Waals surface area contributed by atoms with Crippen molar-refractivity contribution in [3.63, 3.8) is 0 Å². The molecule has 0 N–H and O–H groups in total. The molecule has 0 unspecified atom stereocenters. The highest BCUT2D eigenvalue weighted by Gasteiger charge is 2.04. The summed E-state index contributed by atoms with van der Waals surface area (Å²) in [5.74, 6) is -0.319. The zero-order valence-electron chi connectivity index (χ0n) is 13.5. The van der Waals surface area contributed by atoms with E-state index in [0.29, 0.717) is 5.56 Å². The quantitative estimate of drug-likeness (QED) is 0.482. The Hall–Kier alpha value is -3.13. The van der Waals surface area contributed by atoms with Gasteiger partial charge in [0.15, 0.2) is 0 Å². The van der Waals surface area contributed by atoms with Crippen LogP contribution in [-0.2, 0) is 4.74 Å². The molecule has 0 fully saturated rings. The van der Waals surface area contributed by atoms with Crippen molar-refractivity contribution in [1.82, 2.24) is 0 Å². The second-order valence-electron chi connectivity index (χ2n) is 5.40. The lowest BCUT2D eigenvalue weighted by Gasteiger charge is -2.06. The van der Waals surface area contributed by atoms with E-state index in [9.17, 15) is 4.79 Å². The molecular weight excluding hydrogens is 296 g/mol. The number of esters is 1. The van der Waals surface area contributed by atoms with E-state index in [1.165, 1.54) is 18.2 Å². The van der Waals surface area contributed by atoms with Crippen molar-refractivity contribution in [3.05, 3.63) is 95.6 Å². The van der Waals surface area contributed by atoms with E-state index in [1.807, 2.05) is 48.5 Å². The highest BCUT2D eigenvalue weighted by molar-refractivity contribution is 5.89. The molecule has 0 radical (unpaired) electrons. The summed E-state index contributed by atoms with van der Waals surface area (Å²) in [5.41, 5.74) is 5.13. The molecule has 0 aromatic heterocycles. The van der Waals surface area contributed by atoms with Crippen LogP contribution in [0.15, 0.2) is 78.9 Å². The molecule has 0 aliphatic rings. The summed E-state index contributed by atoms with van der Waals surface area (Å²) in [5, 5.41) is 0. The zero-order valence-corrected chi connectivity index (χ0v) is 13.5. The summed E-state index contributed by atoms with van der Waals surface area (Å²) in [7, 11) is 1.39. The molecule has 0 atom stereocenters. The van der Waals surface area contributed by atoms with E-state index in [-0.39, 0.29) is 5.97 Å². The second-order valence-corrected chi connectivity index (χ2v) is 5.40. The van der Waals surface area contributed by atoms with Crippen molar-refractivity contribution in [2.75, 3.05) is 7.11 Å². The van der Waals surface area contributed by atoms with Crippen LogP contribution in [0.4, 0.5) is 0 Å². The molecule has 3 rings (SSSR count). The number of rotatable bonds is 4. The Morgan fingerprint density at radius 3 is 2.17 bits per heavy atom. The molecule has 3 aromatic rings. The smallest absolute Gasteiger partial charge is 0.337 e. The molecule has 2 heteroatoms. The maximum absolute atomic E-state index is 11.5. The van der Waals surface area contributed by atoms with Crippen molar-refractivity contribution in [3.8, 4) is 11.1 Å². The predicted octanol–water partition coefficient (Wildman–Crippen LogP) is 5.31. The van der Waals surface area contributed by atoms with Crippen molar-refractivity contribution >= 4 is 18.1 Å². The van der Waals surface area contributed by atoms with Gasteiger partial charge in [-0.3, -0.25) is 0 Å². The van der Waals surface area contributed by atoms with Gasteiger partial charge in [-0.2, -0.15) is 0 Å². The van der Waals surface area contributed by atoms with E-state index in [1.54, 1.807) is 12.1 Å². The number of hydrogen-bond acceptors (Lipinski definition) is 2. The molecular formula is C22H18O2. The normalized spacial score (nSPS) is 10.7. The van der Waals surface area contributed by atoms with Gasteiger partial charge in [0.05, 0.1) is 12.7 Å². The first kappa shape index (κ1) is 15.8. The summed E-state index contributed by atoms with van der Waals surface area (Å²) >= 11 is 0. The molecule has 0 saturated heterocycles. The fourth-order valence-electron chi connectivity index (χ4n) is 2.56. The summed E-state index contributed by atoms with van der Waals surface area (Å²) in [4.78, 5) is 11.5. The number of methoxy groups -OCH3 is 1. The van der Waals surface area contributed by atoms with Gasteiger partial charge in [-0.25, -0.2) is 4.79 Å². The molecule has 0 amide bonds. The van der Waals surface area contributed by atoms with Crippen LogP contribution in [0.5, 0.6) is 0 Å². The van der Waals surface area contributed by atoms with Crippen LogP contribution in [0, 0.1) is 0 Å². The van der Waals surface area contributed by atoms with E-state index >= 15 is 0 Å². The third kappa shape index (κ3) is 3.61. The number of carbonyl (C=O) groups excluding carboxylic acids is 1. The van der Waals surface area contributed by atoms with Gasteiger partial charge in [0, 0.05) is 0 Å². The lowest BCUT2D eigenvalue weighted by atomic mass is 9.99. The maximum atomic E-state index is 11.5. The van der Waals surface area contributed by atoms with Gasteiger partial charge < -0.3 is 4.74 Å². The Morgan fingerprint density at radius 1 is 0.792 bits per heavy atom. The van der Waals surface area contributed by atoms with Gasteiger partial charge >= 0.3 is 5.97 Å². The fourth-order valence-corrected chi connectivity index (χ4v) is 2.56. The monoisotopic (exact) mass is 314 g/mol. The minimum Gasteiger partial charge on any atom is -0.465 e. The molecule has 3 aromatic carbocycles. The summed E-state index contributed by atoms with van der Waals surface area (Å²) < 4.78 is 4.71. The van der Waals surface area contributed by atoms with Gasteiger partial charge in [0.1, 0.15) is 0 Å². The number of benzene rings is 3. The Labute approximate surface area is 142 Å². The Morgan fingerprint density at radius 2 is 1.46 bits per heavy atom. The lowest BCUT2D eigenvalue weighted by molar-refractivity contribution is 0.0600.